The average Bonchev–Trinajstić information content (AvgIpc) is 3.22. The van der Waals surface area contributed by atoms with Crippen molar-refractivity contribution < 1.29 is 22.7 Å². The van der Waals surface area contributed by atoms with Crippen molar-refractivity contribution in [2.45, 2.75) is 30.8 Å². The number of benzene rings is 2. The highest BCUT2D eigenvalue weighted by atomic mass is 32.2. The highest BCUT2D eigenvalue weighted by Crippen LogP contribution is 2.18. The van der Waals surface area contributed by atoms with Crippen LogP contribution >= 0.6 is 0 Å². The third kappa shape index (κ3) is 5.31. The first-order valence-corrected chi connectivity index (χ1v) is 10.7. The van der Waals surface area contributed by atoms with E-state index in [0.29, 0.717) is 24.7 Å². The second kappa shape index (κ2) is 9.18. The van der Waals surface area contributed by atoms with Crippen LogP contribution in [0, 0.1) is 0 Å². The summed E-state index contributed by atoms with van der Waals surface area (Å²) < 4.78 is 38.4. The number of nitrogens with one attached hydrogen (secondary N) is 2. The van der Waals surface area contributed by atoms with Gasteiger partial charge in [-0.1, -0.05) is 6.07 Å². The van der Waals surface area contributed by atoms with Gasteiger partial charge in [0.25, 0.3) is 5.91 Å². The molecule has 2 aromatic carbocycles. The molecule has 0 bridgehead atoms. The minimum atomic E-state index is -3.72. The van der Waals surface area contributed by atoms with Gasteiger partial charge in [0, 0.05) is 24.4 Å². The molecule has 0 spiro atoms. The molecule has 0 aromatic heterocycles. The van der Waals surface area contributed by atoms with Gasteiger partial charge in [0.15, 0.2) is 0 Å². The Hall–Kier alpha value is -2.42. The number of hydrogen-bond acceptors (Lipinski definition) is 5. The van der Waals surface area contributed by atoms with Gasteiger partial charge in [0.05, 0.1) is 17.6 Å². The number of sulfonamides is 1. The van der Waals surface area contributed by atoms with E-state index in [-0.39, 0.29) is 29.0 Å². The fraction of sp³-hybridized carbons (Fsp3) is 0.350. The van der Waals surface area contributed by atoms with Crippen molar-refractivity contribution in [1.29, 1.82) is 0 Å². The van der Waals surface area contributed by atoms with E-state index >= 15 is 0 Å². The molecule has 0 aliphatic carbocycles. The Kier molecular flexibility index (Phi) is 6.66. The molecule has 2 aromatic rings. The van der Waals surface area contributed by atoms with Crippen molar-refractivity contribution in [3.05, 3.63) is 54.1 Å². The first-order chi connectivity index (χ1) is 13.5. The molecule has 1 fully saturated rings. The van der Waals surface area contributed by atoms with E-state index in [0.717, 1.165) is 12.8 Å². The lowest BCUT2D eigenvalue weighted by molar-refractivity contribution is 0.102. The molecule has 150 valence electrons. The molecule has 1 heterocycles. The van der Waals surface area contributed by atoms with E-state index in [4.69, 9.17) is 9.47 Å². The summed E-state index contributed by atoms with van der Waals surface area (Å²) in [5.74, 6) is 0.325. The number of amides is 1. The monoisotopic (exact) mass is 404 g/mol. The normalized spacial score (nSPS) is 16.7. The van der Waals surface area contributed by atoms with E-state index in [1.165, 1.54) is 12.1 Å². The zero-order valence-corrected chi connectivity index (χ0v) is 16.5. The molecule has 1 aliphatic heterocycles. The quantitative estimate of drug-likeness (QED) is 0.706. The third-order valence-corrected chi connectivity index (χ3v) is 5.78. The predicted octanol–water partition coefficient (Wildman–Crippen LogP) is 2.79. The maximum Gasteiger partial charge on any atom is 0.255 e. The lowest BCUT2D eigenvalue weighted by Crippen LogP contribution is -2.32. The van der Waals surface area contributed by atoms with Crippen LogP contribution in [-0.4, -0.2) is 40.2 Å². The number of carbonyl (C=O) groups is 1. The lowest BCUT2D eigenvalue weighted by atomic mass is 10.2. The second-order valence-corrected chi connectivity index (χ2v) is 8.19. The Morgan fingerprint density at radius 1 is 1.21 bits per heavy atom. The molecule has 1 unspecified atom stereocenters. The fourth-order valence-corrected chi connectivity index (χ4v) is 4.01. The molecule has 8 heteroatoms. The van der Waals surface area contributed by atoms with E-state index in [1.807, 2.05) is 6.92 Å². The largest absolute Gasteiger partial charge is 0.494 e. The van der Waals surface area contributed by atoms with Gasteiger partial charge in [0.2, 0.25) is 10.0 Å². The van der Waals surface area contributed by atoms with E-state index in [1.54, 1.807) is 36.4 Å². The Labute approximate surface area is 165 Å². The molecule has 3 rings (SSSR count). The zero-order valence-electron chi connectivity index (χ0n) is 15.7. The summed E-state index contributed by atoms with van der Waals surface area (Å²) in [6, 6.07) is 12.9. The lowest BCUT2D eigenvalue weighted by Gasteiger charge is -2.12. The van der Waals surface area contributed by atoms with Crippen molar-refractivity contribution >= 4 is 21.6 Å². The van der Waals surface area contributed by atoms with Gasteiger partial charge in [-0.3, -0.25) is 4.79 Å². The minimum Gasteiger partial charge on any atom is -0.494 e. The Bertz CT molecular complexity index is 906. The molecule has 1 aliphatic rings. The summed E-state index contributed by atoms with van der Waals surface area (Å²) in [4.78, 5) is 12.5. The smallest absolute Gasteiger partial charge is 0.255 e. The first kappa shape index (κ1) is 20.3. The first-order valence-electron chi connectivity index (χ1n) is 9.23. The van der Waals surface area contributed by atoms with Crippen LogP contribution in [0.25, 0.3) is 0 Å². The van der Waals surface area contributed by atoms with Crippen LogP contribution in [-0.2, 0) is 14.8 Å². The summed E-state index contributed by atoms with van der Waals surface area (Å²) >= 11 is 0. The highest BCUT2D eigenvalue weighted by Gasteiger charge is 2.21. The van der Waals surface area contributed by atoms with Crippen LogP contribution < -0.4 is 14.8 Å². The van der Waals surface area contributed by atoms with Crippen LogP contribution in [0.5, 0.6) is 5.75 Å². The summed E-state index contributed by atoms with van der Waals surface area (Å²) in [6.07, 6.45) is 1.68. The van der Waals surface area contributed by atoms with Gasteiger partial charge < -0.3 is 14.8 Å². The van der Waals surface area contributed by atoms with Gasteiger partial charge in [-0.15, -0.1) is 0 Å². The Morgan fingerprint density at radius 3 is 2.68 bits per heavy atom. The van der Waals surface area contributed by atoms with Gasteiger partial charge >= 0.3 is 0 Å². The van der Waals surface area contributed by atoms with Crippen molar-refractivity contribution in [2.75, 3.05) is 25.1 Å². The van der Waals surface area contributed by atoms with Gasteiger partial charge in [-0.2, -0.15) is 0 Å². The Balaban J connectivity index is 1.66. The minimum absolute atomic E-state index is 0.0461. The third-order valence-electron chi connectivity index (χ3n) is 4.35. The zero-order chi connectivity index (χ0) is 20.0. The van der Waals surface area contributed by atoms with E-state index in [2.05, 4.69) is 10.0 Å². The molecule has 2 N–H and O–H groups in total. The number of carbonyl (C=O) groups excluding carboxylic acids is 1. The maximum atomic E-state index is 12.5. The summed E-state index contributed by atoms with van der Waals surface area (Å²) in [5.41, 5.74) is 0.854. The van der Waals surface area contributed by atoms with E-state index < -0.39 is 10.0 Å². The van der Waals surface area contributed by atoms with Crippen molar-refractivity contribution in [2.24, 2.45) is 0 Å². The van der Waals surface area contributed by atoms with Crippen LogP contribution in [0.2, 0.25) is 0 Å². The van der Waals surface area contributed by atoms with Gasteiger partial charge in [0.1, 0.15) is 5.75 Å². The SMILES string of the molecule is CCOc1ccc(NC(=O)c2cccc(S(=O)(=O)NCC3CCCO3)c2)cc1. The number of anilines is 1. The molecule has 1 atom stereocenters. The van der Waals surface area contributed by atoms with Crippen molar-refractivity contribution in [3.63, 3.8) is 0 Å². The summed E-state index contributed by atoms with van der Waals surface area (Å²) in [7, 11) is -3.72. The Morgan fingerprint density at radius 2 is 2.00 bits per heavy atom. The highest BCUT2D eigenvalue weighted by molar-refractivity contribution is 7.89. The predicted molar refractivity (Wildman–Crippen MR) is 106 cm³/mol. The second-order valence-electron chi connectivity index (χ2n) is 6.43. The van der Waals surface area contributed by atoms with Gasteiger partial charge in [-0.05, 0) is 62.2 Å². The van der Waals surface area contributed by atoms with Crippen molar-refractivity contribution in [3.8, 4) is 5.75 Å². The topological polar surface area (TPSA) is 93.7 Å². The average molecular weight is 404 g/mol. The fourth-order valence-electron chi connectivity index (χ4n) is 2.90. The van der Waals surface area contributed by atoms with Crippen LogP contribution in [0.4, 0.5) is 5.69 Å². The van der Waals surface area contributed by atoms with Crippen LogP contribution in [0.3, 0.4) is 0 Å². The molecule has 7 nitrogen and oxygen atoms in total. The maximum absolute atomic E-state index is 12.5. The molecular weight excluding hydrogens is 380 g/mol. The van der Waals surface area contributed by atoms with Crippen molar-refractivity contribution in [1.82, 2.24) is 4.72 Å². The molecule has 0 radical (unpaired) electrons. The van der Waals surface area contributed by atoms with Gasteiger partial charge in [-0.25, -0.2) is 13.1 Å². The number of ether oxygens (including phenoxy) is 2. The summed E-state index contributed by atoms with van der Waals surface area (Å²) in [5, 5.41) is 2.75. The van der Waals surface area contributed by atoms with Crippen LogP contribution in [0.15, 0.2) is 53.4 Å². The number of hydrogen-bond donors (Lipinski definition) is 2. The molecule has 1 amide bonds. The van der Waals surface area contributed by atoms with E-state index in [9.17, 15) is 13.2 Å². The number of rotatable bonds is 8. The molecule has 1 saturated heterocycles. The molecule has 28 heavy (non-hydrogen) atoms. The summed E-state index contributed by atoms with van der Waals surface area (Å²) in [6.45, 7) is 3.35. The molecular formula is C20H24N2O5S. The standard InChI is InChI=1S/C20H24N2O5S/c1-2-26-17-10-8-16(9-11-17)22-20(23)15-5-3-7-19(13-15)28(24,25)21-14-18-6-4-12-27-18/h3,5,7-11,13,18,21H,2,4,6,12,14H2,1H3,(H,22,23). The molecule has 0 saturated carbocycles. The van der Waals surface area contributed by atoms with Crippen LogP contribution in [0.1, 0.15) is 30.1 Å².